The Kier molecular flexibility index (Phi) is 4.59. The number of rotatable bonds is 6. The van der Waals surface area contributed by atoms with Gasteiger partial charge in [-0.1, -0.05) is 0 Å². The van der Waals surface area contributed by atoms with Crippen molar-refractivity contribution in [2.45, 2.75) is 39.7 Å². The molecule has 0 saturated heterocycles. The van der Waals surface area contributed by atoms with E-state index in [9.17, 15) is 0 Å². The third-order valence-electron chi connectivity index (χ3n) is 3.38. The summed E-state index contributed by atoms with van der Waals surface area (Å²) in [6, 6.07) is 6.08. The van der Waals surface area contributed by atoms with Crippen LogP contribution in [0, 0.1) is 16.7 Å². The van der Waals surface area contributed by atoms with Crippen molar-refractivity contribution in [2.24, 2.45) is 11.1 Å². The van der Waals surface area contributed by atoms with Gasteiger partial charge in [0, 0.05) is 12.1 Å². The predicted molar refractivity (Wildman–Crippen MR) is 79.4 cm³/mol. The highest BCUT2D eigenvalue weighted by molar-refractivity contribution is 5.52. The zero-order valence-electron chi connectivity index (χ0n) is 12.8. The lowest BCUT2D eigenvalue weighted by Crippen LogP contribution is -2.19. The Hall–Kier alpha value is -1.93. The quantitative estimate of drug-likeness (QED) is 0.871. The lowest BCUT2D eigenvalue weighted by molar-refractivity contribution is 0.173. The molecule has 0 saturated carbocycles. The summed E-state index contributed by atoms with van der Waals surface area (Å²) in [7, 11) is 0. The second kappa shape index (κ2) is 6.23. The monoisotopic (exact) mass is 290 g/mol. The smallest absolute Gasteiger partial charge is 0.231 e. The number of nitrogens with zero attached hydrogens (tertiary/aromatic N) is 1. The van der Waals surface area contributed by atoms with Crippen LogP contribution in [-0.2, 0) is 6.42 Å². The lowest BCUT2D eigenvalue weighted by Gasteiger charge is -2.18. The molecule has 5 nitrogen and oxygen atoms in total. The van der Waals surface area contributed by atoms with E-state index in [1.165, 1.54) is 0 Å². The third kappa shape index (κ3) is 4.02. The molecule has 1 atom stereocenters. The van der Waals surface area contributed by atoms with Gasteiger partial charge in [-0.3, -0.25) is 0 Å². The summed E-state index contributed by atoms with van der Waals surface area (Å²) in [5, 5.41) is 9.03. The lowest BCUT2D eigenvalue weighted by atomic mass is 9.92. The SMILES string of the molecule is CC(N)Cc1cc2c(cc1OCCC(C)(C)C#N)OCO2. The minimum absolute atomic E-state index is 0.0308. The molecule has 5 heteroatoms. The first-order chi connectivity index (χ1) is 9.91. The fourth-order valence-corrected chi connectivity index (χ4v) is 2.08. The Labute approximate surface area is 125 Å². The van der Waals surface area contributed by atoms with Crippen LogP contribution in [0.3, 0.4) is 0 Å². The van der Waals surface area contributed by atoms with Gasteiger partial charge in [-0.25, -0.2) is 0 Å². The fraction of sp³-hybridized carbons (Fsp3) is 0.562. The van der Waals surface area contributed by atoms with Crippen LogP contribution in [0.1, 0.15) is 32.8 Å². The molecule has 0 radical (unpaired) electrons. The summed E-state index contributed by atoms with van der Waals surface area (Å²) in [4.78, 5) is 0. The molecule has 0 amide bonds. The molecular formula is C16H22N2O3. The number of nitrogens with two attached hydrogens (primary N) is 1. The molecule has 2 N–H and O–H groups in total. The molecule has 0 fully saturated rings. The van der Waals surface area contributed by atoms with Crippen LogP contribution >= 0.6 is 0 Å². The maximum Gasteiger partial charge on any atom is 0.231 e. The highest BCUT2D eigenvalue weighted by Crippen LogP contribution is 2.38. The third-order valence-corrected chi connectivity index (χ3v) is 3.38. The van der Waals surface area contributed by atoms with Crippen molar-refractivity contribution in [3.8, 4) is 23.3 Å². The van der Waals surface area contributed by atoms with E-state index in [0.29, 0.717) is 25.2 Å². The Morgan fingerprint density at radius 3 is 2.67 bits per heavy atom. The van der Waals surface area contributed by atoms with E-state index in [-0.39, 0.29) is 12.8 Å². The van der Waals surface area contributed by atoms with Gasteiger partial charge in [0.2, 0.25) is 6.79 Å². The summed E-state index contributed by atoms with van der Waals surface area (Å²) in [5.74, 6) is 2.18. The fourth-order valence-electron chi connectivity index (χ4n) is 2.08. The molecule has 21 heavy (non-hydrogen) atoms. The van der Waals surface area contributed by atoms with Gasteiger partial charge in [-0.2, -0.15) is 5.26 Å². The molecule has 1 aromatic rings. The van der Waals surface area contributed by atoms with E-state index in [4.69, 9.17) is 25.2 Å². The molecule has 1 aliphatic heterocycles. The summed E-state index contributed by atoms with van der Waals surface area (Å²) in [6.45, 7) is 6.47. The topological polar surface area (TPSA) is 77.5 Å². The van der Waals surface area contributed by atoms with Crippen LogP contribution in [-0.4, -0.2) is 19.4 Å². The van der Waals surface area contributed by atoms with Gasteiger partial charge in [-0.05, 0) is 45.2 Å². The molecule has 114 valence electrons. The van der Waals surface area contributed by atoms with Gasteiger partial charge in [0.1, 0.15) is 5.75 Å². The van der Waals surface area contributed by atoms with Crippen molar-refractivity contribution in [3.63, 3.8) is 0 Å². The van der Waals surface area contributed by atoms with E-state index in [1.54, 1.807) is 0 Å². The molecule has 0 aliphatic carbocycles. The van der Waals surface area contributed by atoms with Crippen molar-refractivity contribution in [1.29, 1.82) is 5.26 Å². The molecular weight excluding hydrogens is 268 g/mol. The first kappa shape index (κ1) is 15.5. The summed E-state index contributed by atoms with van der Waals surface area (Å²) >= 11 is 0. The number of nitriles is 1. The highest BCUT2D eigenvalue weighted by Gasteiger charge is 2.20. The summed E-state index contributed by atoms with van der Waals surface area (Å²) < 4.78 is 16.6. The maximum atomic E-state index is 9.03. The molecule has 2 rings (SSSR count). The number of benzene rings is 1. The van der Waals surface area contributed by atoms with Crippen molar-refractivity contribution >= 4 is 0 Å². The van der Waals surface area contributed by atoms with Gasteiger partial charge in [0.15, 0.2) is 11.5 Å². The van der Waals surface area contributed by atoms with E-state index >= 15 is 0 Å². The van der Waals surface area contributed by atoms with Crippen molar-refractivity contribution in [3.05, 3.63) is 17.7 Å². The largest absolute Gasteiger partial charge is 0.493 e. The van der Waals surface area contributed by atoms with Crippen molar-refractivity contribution < 1.29 is 14.2 Å². The van der Waals surface area contributed by atoms with E-state index in [2.05, 4.69) is 6.07 Å². The van der Waals surface area contributed by atoms with Crippen LogP contribution in [0.15, 0.2) is 12.1 Å². The highest BCUT2D eigenvalue weighted by atomic mass is 16.7. The molecule has 0 spiro atoms. The first-order valence-corrected chi connectivity index (χ1v) is 7.13. The number of hydrogen-bond acceptors (Lipinski definition) is 5. The van der Waals surface area contributed by atoms with Crippen LogP contribution in [0.4, 0.5) is 0 Å². The van der Waals surface area contributed by atoms with Gasteiger partial charge in [-0.15, -0.1) is 0 Å². The molecule has 1 unspecified atom stereocenters. The van der Waals surface area contributed by atoms with E-state index in [0.717, 1.165) is 17.1 Å². The minimum atomic E-state index is -0.391. The first-order valence-electron chi connectivity index (χ1n) is 7.13. The average Bonchev–Trinajstić information content (AvgIpc) is 2.85. The number of hydrogen-bond donors (Lipinski definition) is 1. The van der Waals surface area contributed by atoms with Crippen LogP contribution in [0.2, 0.25) is 0 Å². The average molecular weight is 290 g/mol. The Morgan fingerprint density at radius 2 is 2.05 bits per heavy atom. The molecule has 1 aliphatic rings. The zero-order chi connectivity index (χ0) is 15.5. The summed E-state index contributed by atoms with van der Waals surface area (Å²) in [5.41, 5.74) is 6.50. The molecule has 1 aromatic carbocycles. The van der Waals surface area contributed by atoms with Gasteiger partial charge < -0.3 is 19.9 Å². The Bertz CT molecular complexity index is 547. The van der Waals surface area contributed by atoms with Crippen LogP contribution in [0.5, 0.6) is 17.2 Å². The Balaban J connectivity index is 2.12. The molecule has 1 heterocycles. The molecule has 0 bridgehead atoms. The number of ether oxygens (including phenoxy) is 3. The summed E-state index contributed by atoms with van der Waals surface area (Å²) in [6.07, 6.45) is 1.36. The van der Waals surface area contributed by atoms with E-state index < -0.39 is 5.41 Å². The Morgan fingerprint density at radius 1 is 1.38 bits per heavy atom. The van der Waals surface area contributed by atoms with E-state index in [1.807, 2.05) is 32.9 Å². The number of fused-ring (bicyclic) bond motifs is 1. The molecule has 0 aromatic heterocycles. The van der Waals surface area contributed by atoms with Crippen molar-refractivity contribution in [1.82, 2.24) is 0 Å². The standard InChI is InChI=1S/C16H22N2O3/c1-11(18)6-12-7-14-15(21-10-20-14)8-13(12)19-5-4-16(2,3)9-17/h7-8,11H,4-6,10,18H2,1-3H3. The van der Waals surface area contributed by atoms with Gasteiger partial charge >= 0.3 is 0 Å². The normalized spacial score (nSPS) is 14.6. The van der Waals surface area contributed by atoms with Crippen LogP contribution < -0.4 is 19.9 Å². The maximum absolute atomic E-state index is 9.03. The van der Waals surface area contributed by atoms with Crippen LogP contribution in [0.25, 0.3) is 0 Å². The minimum Gasteiger partial charge on any atom is -0.493 e. The van der Waals surface area contributed by atoms with Gasteiger partial charge in [0.05, 0.1) is 18.1 Å². The van der Waals surface area contributed by atoms with Gasteiger partial charge in [0.25, 0.3) is 0 Å². The van der Waals surface area contributed by atoms with Crippen molar-refractivity contribution in [2.75, 3.05) is 13.4 Å². The second-order valence-corrected chi connectivity index (χ2v) is 6.09. The zero-order valence-corrected chi connectivity index (χ0v) is 12.8. The predicted octanol–water partition coefficient (Wildman–Crippen LogP) is 2.62. The second-order valence-electron chi connectivity index (χ2n) is 6.09.